The molecule has 20 heavy (non-hydrogen) atoms. The fourth-order valence-electron chi connectivity index (χ4n) is 2.60. The smallest absolute Gasteiger partial charge is 0.157 e. The average Bonchev–Trinajstić information content (AvgIpc) is 2.85. The Kier molecular flexibility index (Phi) is 4.27. The average molecular weight is 294 g/mol. The molecular formula is C15H19FN2OS. The number of aliphatic imine (C=N–C) groups is 1. The van der Waals surface area contributed by atoms with Crippen molar-refractivity contribution in [1.82, 2.24) is 5.32 Å². The topological polar surface area (TPSA) is 33.6 Å². The normalized spacial score (nSPS) is 23.1. The van der Waals surface area contributed by atoms with Crippen molar-refractivity contribution in [2.45, 2.75) is 24.8 Å². The first-order valence-electron chi connectivity index (χ1n) is 7.04. The van der Waals surface area contributed by atoms with Gasteiger partial charge in [-0.15, -0.1) is 0 Å². The van der Waals surface area contributed by atoms with E-state index >= 15 is 0 Å². The third kappa shape index (κ3) is 3.15. The standard InChI is InChI=1S/C15H19FN2OS/c16-13-4-2-1-3-12(13)5-8-17-14-18-15(11-20-14)6-9-19-10-7-15/h1-4H,5-11H2,(H,17,18). The van der Waals surface area contributed by atoms with Crippen molar-refractivity contribution in [3.05, 3.63) is 35.6 Å². The minimum absolute atomic E-state index is 0.138. The molecule has 5 heteroatoms. The summed E-state index contributed by atoms with van der Waals surface area (Å²) in [4.78, 5) is 4.57. The van der Waals surface area contributed by atoms with E-state index in [0.717, 1.165) is 42.5 Å². The molecule has 0 amide bonds. The van der Waals surface area contributed by atoms with Crippen LogP contribution in [0.1, 0.15) is 18.4 Å². The molecule has 0 radical (unpaired) electrons. The summed E-state index contributed by atoms with van der Waals surface area (Å²) < 4.78 is 18.9. The van der Waals surface area contributed by atoms with Gasteiger partial charge in [-0.25, -0.2) is 4.39 Å². The van der Waals surface area contributed by atoms with E-state index < -0.39 is 0 Å². The summed E-state index contributed by atoms with van der Waals surface area (Å²) in [7, 11) is 0. The van der Waals surface area contributed by atoms with E-state index in [2.05, 4.69) is 10.3 Å². The van der Waals surface area contributed by atoms with Crippen LogP contribution in [0.5, 0.6) is 0 Å². The molecule has 1 aromatic carbocycles. The maximum absolute atomic E-state index is 13.5. The molecule has 0 aliphatic carbocycles. The van der Waals surface area contributed by atoms with E-state index in [4.69, 9.17) is 4.74 Å². The Morgan fingerprint density at radius 2 is 2.10 bits per heavy atom. The highest BCUT2D eigenvalue weighted by molar-refractivity contribution is 8.14. The Bertz CT molecular complexity index is 500. The number of nitrogens with zero attached hydrogens (tertiary/aromatic N) is 1. The second-order valence-electron chi connectivity index (χ2n) is 5.33. The minimum Gasteiger partial charge on any atom is -0.381 e. The van der Waals surface area contributed by atoms with Crippen molar-refractivity contribution in [1.29, 1.82) is 0 Å². The molecule has 0 unspecified atom stereocenters. The van der Waals surface area contributed by atoms with Gasteiger partial charge in [0.15, 0.2) is 5.17 Å². The number of ether oxygens (including phenoxy) is 1. The fourth-order valence-corrected chi connectivity index (χ4v) is 3.85. The van der Waals surface area contributed by atoms with Crippen LogP contribution in [0.2, 0.25) is 0 Å². The van der Waals surface area contributed by atoms with Gasteiger partial charge in [0.2, 0.25) is 0 Å². The lowest BCUT2D eigenvalue weighted by molar-refractivity contribution is 0.0555. The summed E-state index contributed by atoms with van der Waals surface area (Å²) >= 11 is 1.78. The number of halogens is 1. The van der Waals surface area contributed by atoms with Gasteiger partial charge in [-0.1, -0.05) is 30.0 Å². The second-order valence-corrected chi connectivity index (χ2v) is 6.30. The molecule has 2 aliphatic heterocycles. The van der Waals surface area contributed by atoms with Gasteiger partial charge in [-0.3, -0.25) is 4.99 Å². The van der Waals surface area contributed by atoms with E-state index in [1.54, 1.807) is 17.8 Å². The summed E-state index contributed by atoms with van der Waals surface area (Å²) in [5.41, 5.74) is 0.917. The van der Waals surface area contributed by atoms with E-state index in [-0.39, 0.29) is 11.4 Å². The summed E-state index contributed by atoms with van der Waals surface area (Å²) in [5.74, 6) is 0.926. The SMILES string of the molecule is Fc1ccccc1CCN=C1NC2(CCOCC2)CS1. The second kappa shape index (κ2) is 6.14. The van der Waals surface area contributed by atoms with E-state index in [1.807, 2.05) is 12.1 Å². The first kappa shape index (κ1) is 13.9. The van der Waals surface area contributed by atoms with Crippen molar-refractivity contribution in [2.24, 2.45) is 4.99 Å². The van der Waals surface area contributed by atoms with Crippen molar-refractivity contribution < 1.29 is 9.13 Å². The summed E-state index contributed by atoms with van der Waals surface area (Å²) in [6, 6.07) is 6.91. The first-order chi connectivity index (χ1) is 9.77. The summed E-state index contributed by atoms with van der Waals surface area (Å²) in [6.07, 6.45) is 2.74. The monoisotopic (exact) mass is 294 g/mol. The van der Waals surface area contributed by atoms with Gasteiger partial charge in [0.05, 0.1) is 5.54 Å². The van der Waals surface area contributed by atoms with Crippen LogP contribution in [0.4, 0.5) is 4.39 Å². The van der Waals surface area contributed by atoms with Gasteiger partial charge in [0.1, 0.15) is 5.82 Å². The highest BCUT2D eigenvalue weighted by Crippen LogP contribution is 2.31. The molecule has 0 atom stereocenters. The lowest BCUT2D eigenvalue weighted by Gasteiger charge is -2.32. The van der Waals surface area contributed by atoms with Crippen molar-refractivity contribution in [3.63, 3.8) is 0 Å². The highest BCUT2D eigenvalue weighted by Gasteiger charge is 2.38. The number of rotatable bonds is 3. The molecule has 0 bridgehead atoms. The number of hydrogen-bond donors (Lipinski definition) is 1. The number of thioether (sulfide) groups is 1. The van der Waals surface area contributed by atoms with Gasteiger partial charge in [-0.2, -0.15) is 0 Å². The highest BCUT2D eigenvalue weighted by atomic mass is 32.2. The first-order valence-corrected chi connectivity index (χ1v) is 8.03. The predicted molar refractivity (Wildman–Crippen MR) is 80.8 cm³/mol. The number of benzene rings is 1. The molecule has 1 aromatic rings. The summed E-state index contributed by atoms with van der Waals surface area (Å²) in [6.45, 7) is 2.29. The molecule has 2 aliphatic rings. The van der Waals surface area contributed by atoms with Crippen LogP contribution in [-0.2, 0) is 11.2 Å². The third-order valence-corrected chi connectivity index (χ3v) is 5.10. The lowest BCUT2D eigenvalue weighted by Crippen LogP contribution is -2.48. The van der Waals surface area contributed by atoms with Crippen LogP contribution >= 0.6 is 11.8 Å². The Labute approximate surface area is 123 Å². The van der Waals surface area contributed by atoms with Gasteiger partial charge >= 0.3 is 0 Å². The molecule has 3 rings (SSSR count). The zero-order chi connectivity index (χ0) is 13.8. The van der Waals surface area contributed by atoms with Crippen LogP contribution < -0.4 is 5.32 Å². The van der Waals surface area contributed by atoms with Crippen molar-refractivity contribution in [3.8, 4) is 0 Å². The minimum atomic E-state index is -0.138. The molecular weight excluding hydrogens is 275 g/mol. The Balaban J connectivity index is 1.54. The van der Waals surface area contributed by atoms with Crippen LogP contribution in [0.15, 0.2) is 29.3 Å². The van der Waals surface area contributed by atoms with Gasteiger partial charge < -0.3 is 10.1 Å². The van der Waals surface area contributed by atoms with E-state index in [0.29, 0.717) is 13.0 Å². The van der Waals surface area contributed by atoms with Gasteiger partial charge in [0, 0.05) is 25.5 Å². The molecule has 1 spiro atoms. The molecule has 2 heterocycles. The van der Waals surface area contributed by atoms with Gasteiger partial charge in [-0.05, 0) is 30.9 Å². The Hall–Kier alpha value is -1.07. The maximum Gasteiger partial charge on any atom is 0.157 e. The molecule has 0 saturated carbocycles. The molecule has 3 nitrogen and oxygen atoms in total. The zero-order valence-electron chi connectivity index (χ0n) is 11.4. The number of nitrogens with one attached hydrogen (secondary N) is 1. The lowest BCUT2D eigenvalue weighted by atomic mass is 9.93. The zero-order valence-corrected chi connectivity index (χ0v) is 12.2. The fraction of sp³-hybridized carbons (Fsp3) is 0.533. The van der Waals surface area contributed by atoms with Crippen LogP contribution in [-0.4, -0.2) is 36.2 Å². The molecule has 2 fully saturated rings. The maximum atomic E-state index is 13.5. The molecule has 0 aromatic heterocycles. The summed E-state index contributed by atoms with van der Waals surface area (Å²) in [5, 5.41) is 4.55. The third-order valence-electron chi connectivity index (χ3n) is 3.90. The Morgan fingerprint density at radius 1 is 1.30 bits per heavy atom. The number of hydrogen-bond acceptors (Lipinski definition) is 3. The van der Waals surface area contributed by atoms with Crippen LogP contribution in [0.25, 0.3) is 0 Å². The number of amidine groups is 1. The van der Waals surface area contributed by atoms with Gasteiger partial charge in [0.25, 0.3) is 0 Å². The largest absolute Gasteiger partial charge is 0.381 e. The van der Waals surface area contributed by atoms with E-state index in [1.165, 1.54) is 6.07 Å². The van der Waals surface area contributed by atoms with Crippen molar-refractivity contribution >= 4 is 16.9 Å². The molecule has 2 saturated heterocycles. The van der Waals surface area contributed by atoms with Crippen LogP contribution in [0.3, 0.4) is 0 Å². The predicted octanol–water partition coefficient (Wildman–Crippen LogP) is 2.61. The molecule has 108 valence electrons. The Morgan fingerprint density at radius 3 is 2.90 bits per heavy atom. The quantitative estimate of drug-likeness (QED) is 0.930. The van der Waals surface area contributed by atoms with E-state index in [9.17, 15) is 4.39 Å². The van der Waals surface area contributed by atoms with Crippen LogP contribution in [0, 0.1) is 5.82 Å². The molecule has 1 N–H and O–H groups in total. The van der Waals surface area contributed by atoms with Crippen molar-refractivity contribution in [2.75, 3.05) is 25.5 Å².